The van der Waals surface area contributed by atoms with Crippen LogP contribution < -0.4 is 14.9 Å². The molecular formula is C11H14BN3O4. The average Bonchev–Trinajstić information content (AvgIpc) is 2.82. The van der Waals surface area contributed by atoms with Crippen LogP contribution >= 0.6 is 0 Å². The third-order valence-electron chi connectivity index (χ3n) is 2.52. The normalized spacial score (nSPS) is 10.3. The molecule has 0 spiro atoms. The Morgan fingerprint density at radius 2 is 2.16 bits per heavy atom. The first kappa shape index (κ1) is 13.4. The number of methoxy groups -OCH3 is 1. The van der Waals surface area contributed by atoms with Gasteiger partial charge in [0.2, 0.25) is 0 Å². The Balaban J connectivity index is 2.15. The number of aromatic nitrogens is 3. The van der Waals surface area contributed by atoms with Crippen LogP contribution in [0.3, 0.4) is 0 Å². The van der Waals surface area contributed by atoms with E-state index in [0.29, 0.717) is 17.2 Å². The summed E-state index contributed by atoms with van der Waals surface area (Å²) in [4.78, 5) is 0. The van der Waals surface area contributed by atoms with Crippen LogP contribution in [-0.4, -0.2) is 39.3 Å². The Labute approximate surface area is 110 Å². The smallest absolute Gasteiger partial charge is 0.492 e. The maximum atomic E-state index is 9.31. The number of nitrogens with zero attached hydrogens (tertiary/aromatic N) is 3. The standard InChI is InChI=1S/C11H14BN3O4/c1-15-6-8(13-14-15)7-19-11-4-3-9(18-2)5-10(11)12(16)17/h3-6,16-17H,7H2,1-2H3. The molecule has 2 aromatic rings. The van der Waals surface area contributed by atoms with Crippen molar-refractivity contribution in [3.05, 3.63) is 30.1 Å². The third kappa shape index (κ3) is 3.24. The molecule has 0 aliphatic carbocycles. The van der Waals surface area contributed by atoms with Crippen molar-refractivity contribution in [2.75, 3.05) is 7.11 Å². The summed E-state index contributed by atoms with van der Waals surface area (Å²) in [5.41, 5.74) is 0.889. The molecule has 0 saturated heterocycles. The minimum atomic E-state index is -1.63. The second-order valence-corrected chi connectivity index (χ2v) is 3.95. The van der Waals surface area contributed by atoms with E-state index in [4.69, 9.17) is 9.47 Å². The molecule has 0 atom stereocenters. The van der Waals surface area contributed by atoms with E-state index in [0.717, 1.165) is 0 Å². The molecule has 1 aromatic heterocycles. The lowest BCUT2D eigenvalue weighted by molar-refractivity contribution is 0.301. The molecule has 1 heterocycles. The lowest BCUT2D eigenvalue weighted by Crippen LogP contribution is -2.31. The molecule has 0 saturated carbocycles. The van der Waals surface area contributed by atoms with Crippen molar-refractivity contribution < 1.29 is 19.5 Å². The third-order valence-corrected chi connectivity index (χ3v) is 2.52. The van der Waals surface area contributed by atoms with Crippen LogP contribution in [-0.2, 0) is 13.7 Å². The van der Waals surface area contributed by atoms with Crippen molar-refractivity contribution in [2.45, 2.75) is 6.61 Å². The van der Waals surface area contributed by atoms with Crippen LogP contribution in [0, 0.1) is 0 Å². The number of rotatable bonds is 5. The topological polar surface area (TPSA) is 89.6 Å². The minimum Gasteiger partial charge on any atom is -0.497 e. The molecule has 2 rings (SSSR count). The molecule has 0 unspecified atom stereocenters. The molecule has 0 radical (unpaired) electrons. The zero-order valence-corrected chi connectivity index (χ0v) is 10.6. The molecular weight excluding hydrogens is 249 g/mol. The van der Waals surface area contributed by atoms with Crippen LogP contribution in [0.4, 0.5) is 0 Å². The number of ether oxygens (including phenoxy) is 2. The lowest BCUT2D eigenvalue weighted by atomic mass is 9.79. The van der Waals surface area contributed by atoms with Crippen LogP contribution in [0.2, 0.25) is 0 Å². The lowest BCUT2D eigenvalue weighted by Gasteiger charge is -2.11. The summed E-state index contributed by atoms with van der Waals surface area (Å²) in [6.07, 6.45) is 1.72. The maximum Gasteiger partial charge on any atom is 0.492 e. The molecule has 1 aromatic carbocycles. The zero-order chi connectivity index (χ0) is 13.8. The second-order valence-electron chi connectivity index (χ2n) is 3.95. The molecule has 0 amide bonds. The highest BCUT2D eigenvalue weighted by Crippen LogP contribution is 2.16. The number of aryl methyl sites for hydroxylation is 1. The Kier molecular flexibility index (Phi) is 4.03. The quantitative estimate of drug-likeness (QED) is 0.678. The molecule has 0 aliphatic rings. The van der Waals surface area contributed by atoms with Gasteiger partial charge >= 0.3 is 7.12 Å². The second kappa shape index (κ2) is 5.72. The molecule has 0 fully saturated rings. The van der Waals surface area contributed by atoms with Gasteiger partial charge in [-0.2, -0.15) is 0 Å². The molecule has 8 heteroatoms. The summed E-state index contributed by atoms with van der Waals surface area (Å²) in [6, 6.07) is 4.80. The van der Waals surface area contributed by atoms with Crippen LogP contribution in [0.5, 0.6) is 11.5 Å². The number of hydrogen-bond donors (Lipinski definition) is 2. The Morgan fingerprint density at radius 1 is 1.37 bits per heavy atom. The van der Waals surface area contributed by atoms with Gasteiger partial charge in [0.15, 0.2) is 0 Å². The maximum absolute atomic E-state index is 9.31. The molecule has 0 aliphatic heterocycles. The summed E-state index contributed by atoms with van der Waals surface area (Å²) in [5, 5.41) is 26.3. The van der Waals surface area contributed by atoms with Crippen molar-refractivity contribution in [1.82, 2.24) is 15.0 Å². The van der Waals surface area contributed by atoms with Crippen molar-refractivity contribution in [3.63, 3.8) is 0 Å². The van der Waals surface area contributed by atoms with Gasteiger partial charge in [-0.1, -0.05) is 5.21 Å². The van der Waals surface area contributed by atoms with Gasteiger partial charge in [-0.05, 0) is 18.2 Å². The van der Waals surface area contributed by atoms with Crippen molar-refractivity contribution in [2.24, 2.45) is 7.05 Å². The van der Waals surface area contributed by atoms with E-state index in [1.165, 1.54) is 13.2 Å². The van der Waals surface area contributed by atoms with Gasteiger partial charge < -0.3 is 19.5 Å². The fourth-order valence-corrected chi connectivity index (χ4v) is 1.60. The van der Waals surface area contributed by atoms with Gasteiger partial charge in [0.25, 0.3) is 0 Å². The van der Waals surface area contributed by atoms with Gasteiger partial charge in [-0.3, -0.25) is 4.68 Å². The van der Waals surface area contributed by atoms with E-state index < -0.39 is 7.12 Å². The van der Waals surface area contributed by atoms with Gasteiger partial charge in [-0.15, -0.1) is 5.10 Å². The summed E-state index contributed by atoms with van der Waals surface area (Å²) < 4.78 is 12.1. The van der Waals surface area contributed by atoms with E-state index in [-0.39, 0.29) is 12.1 Å². The summed E-state index contributed by atoms with van der Waals surface area (Å²) in [7, 11) is 1.63. The molecule has 2 N–H and O–H groups in total. The van der Waals surface area contributed by atoms with Gasteiger partial charge in [-0.25, -0.2) is 0 Å². The van der Waals surface area contributed by atoms with Gasteiger partial charge in [0.05, 0.1) is 13.3 Å². The predicted octanol–water partition coefficient (Wildman–Crippen LogP) is -0.918. The summed E-state index contributed by atoms with van der Waals surface area (Å²) >= 11 is 0. The summed E-state index contributed by atoms with van der Waals surface area (Å²) in [5.74, 6) is 0.886. The molecule has 0 bridgehead atoms. The molecule has 100 valence electrons. The number of benzene rings is 1. The van der Waals surface area contributed by atoms with E-state index in [1.54, 1.807) is 30.1 Å². The van der Waals surface area contributed by atoms with Crippen molar-refractivity contribution in [1.29, 1.82) is 0 Å². The van der Waals surface area contributed by atoms with E-state index in [2.05, 4.69) is 10.3 Å². The van der Waals surface area contributed by atoms with E-state index in [9.17, 15) is 10.0 Å². The van der Waals surface area contributed by atoms with Crippen molar-refractivity contribution >= 4 is 12.6 Å². The fourth-order valence-electron chi connectivity index (χ4n) is 1.60. The van der Waals surface area contributed by atoms with Crippen LogP contribution in [0.25, 0.3) is 0 Å². The first-order valence-electron chi connectivity index (χ1n) is 5.62. The Bertz CT molecular complexity index is 559. The molecule has 19 heavy (non-hydrogen) atoms. The SMILES string of the molecule is COc1ccc(OCc2cn(C)nn2)c(B(O)O)c1. The Morgan fingerprint density at radius 3 is 2.74 bits per heavy atom. The van der Waals surface area contributed by atoms with E-state index in [1.807, 2.05) is 0 Å². The minimum absolute atomic E-state index is 0.194. The average molecular weight is 263 g/mol. The fraction of sp³-hybridized carbons (Fsp3) is 0.273. The highest BCUT2D eigenvalue weighted by Gasteiger charge is 2.18. The highest BCUT2D eigenvalue weighted by molar-refractivity contribution is 6.59. The van der Waals surface area contributed by atoms with Crippen LogP contribution in [0.1, 0.15) is 5.69 Å². The highest BCUT2D eigenvalue weighted by atomic mass is 16.5. The van der Waals surface area contributed by atoms with E-state index >= 15 is 0 Å². The van der Waals surface area contributed by atoms with Crippen molar-refractivity contribution in [3.8, 4) is 11.5 Å². The van der Waals surface area contributed by atoms with Gasteiger partial charge in [0.1, 0.15) is 23.8 Å². The Hall–Kier alpha value is -2.06. The first-order chi connectivity index (χ1) is 9.10. The zero-order valence-electron chi connectivity index (χ0n) is 10.6. The molecule has 7 nitrogen and oxygen atoms in total. The van der Waals surface area contributed by atoms with Crippen LogP contribution in [0.15, 0.2) is 24.4 Å². The first-order valence-corrected chi connectivity index (χ1v) is 5.62. The van der Waals surface area contributed by atoms with Gasteiger partial charge in [0, 0.05) is 12.5 Å². The largest absolute Gasteiger partial charge is 0.497 e. The number of hydrogen-bond acceptors (Lipinski definition) is 6. The predicted molar refractivity (Wildman–Crippen MR) is 68.2 cm³/mol. The monoisotopic (exact) mass is 263 g/mol. The summed E-state index contributed by atoms with van der Waals surface area (Å²) in [6.45, 7) is 0.194.